The van der Waals surface area contributed by atoms with Gasteiger partial charge in [-0.3, -0.25) is 23.1 Å². The number of halogens is 3. The zero-order valence-electron chi connectivity index (χ0n) is 19.4. The molecule has 0 spiro atoms. The summed E-state index contributed by atoms with van der Waals surface area (Å²) in [5.41, 5.74) is 3.60. The molecule has 4 aromatic rings. The third-order valence-electron chi connectivity index (χ3n) is 6.17. The molecule has 2 aromatic carbocycles. The van der Waals surface area contributed by atoms with Crippen LogP contribution in [0.15, 0.2) is 62.1 Å². The topological polar surface area (TPSA) is 130 Å². The SMILES string of the molecule is Cc1c(Cn2c(=O)c(C(N)=NO)cn(-c3ccc4c(c3)n(C)c(=O)n4C)c2=O)cccc1C(F)(F)F. The fourth-order valence-corrected chi connectivity index (χ4v) is 4.13. The number of aromatic nitrogens is 4. The van der Waals surface area contributed by atoms with E-state index in [1.807, 2.05) is 0 Å². The molecule has 188 valence electrons. The van der Waals surface area contributed by atoms with E-state index in [4.69, 9.17) is 10.9 Å². The first-order valence-electron chi connectivity index (χ1n) is 10.5. The summed E-state index contributed by atoms with van der Waals surface area (Å²) in [5, 5.41) is 12.0. The summed E-state index contributed by atoms with van der Waals surface area (Å²) in [5.74, 6) is -0.587. The average Bonchev–Trinajstić information content (AvgIpc) is 3.05. The molecule has 0 bridgehead atoms. The molecule has 0 fully saturated rings. The van der Waals surface area contributed by atoms with E-state index >= 15 is 0 Å². The van der Waals surface area contributed by atoms with Crippen molar-refractivity contribution in [3.63, 3.8) is 0 Å². The second-order valence-electron chi connectivity index (χ2n) is 8.23. The lowest BCUT2D eigenvalue weighted by Crippen LogP contribution is -2.43. The second-order valence-corrected chi connectivity index (χ2v) is 8.23. The van der Waals surface area contributed by atoms with Gasteiger partial charge in [-0.25, -0.2) is 9.59 Å². The molecule has 0 atom stereocenters. The number of fused-ring (bicyclic) bond motifs is 1. The molecule has 3 N–H and O–H groups in total. The number of rotatable bonds is 4. The molecule has 0 amide bonds. The Morgan fingerprint density at radius 3 is 2.33 bits per heavy atom. The predicted octanol–water partition coefficient (Wildman–Crippen LogP) is 1.66. The predicted molar refractivity (Wildman–Crippen MR) is 126 cm³/mol. The Kier molecular flexibility index (Phi) is 5.86. The summed E-state index contributed by atoms with van der Waals surface area (Å²) >= 11 is 0. The number of amidine groups is 1. The molecule has 0 aliphatic rings. The van der Waals surface area contributed by atoms with Crippen LogP contribution in [0.5, 0.6) is 0 Å². The highest BCUT2D eigenvalue weighted by Gasteiger charge is 2.33. The monoisotopic (exact) mass is 502 g/mol. The number of hydrogen-bond acceptors (Lipinski definition) is 5. The largest absolute Gasteiger partial charge is 0.416 e. The summed E-state index contributed by atoms with van der Waals surface area (Å²) < 4.78 is 44.7. The minimum atomic E-state index is -4.62. The summed E-state index contributed by atoms with van der Waals surface area (Å²) in [4.78, 5) is 38.8. The van der Waals surface area contributed by atoms with Crippen molar-refractivity contribution in [2.75, 3.05) is 0 Å². The molecule has 2 aromatic heterocycles. The van der Waals surface area contributed by atoms with Crippen molar-refractivity contribution in [1.82, 2.24) is 18.3 Å². The number of oxime groups is 1. The van der Waals surface area contributed by atoms with Gasteiger partial charge in [0.15, 0.2) is 5.84 Å². The van der Waals surface area contributed by atoms with E-state index in [1.54, 1.807) is 26.2 Å². The molecular formula is C23H21F3N6O4. The van der Waals surface area contributed by atoms with E-state index in [-0.39, 0.29) is 28.1 Å². The average molecular weight is 502 g/mol. The van der Waals surface area contributed by atoms with Crippen molar-refractivity contribution in [3.05, 3.63) is 96.2 Å². The number of hydrogen-bond donors (Lipinski definition) is 2. The van der Waals surface area contributed by atoms with Gasteiger partial charge in [-0.05, 0) is 42.3 Å². The van der Waals surface area contributed by atoms with Crippen molar-refractivity contribution in [2.45, 2.75) is 19.6 Å². The van der Waals surface area contributed by atoms with Crippen LogP contribution < -0.4 is 22.7 Å². The Morgan fingerprint density at radius 1 is 1.03 bits per heavy atom. The Morgan fingerprint density at radius 2 is 1.69 bits per heavy atom. The quantitative estimate of drug-likeness (QED) is 0.190. The van der Waals surface area contributed by atoms with Crippen LogP contribution in [0.2, 0.25) is 0 Å². The van der Waals surface area contributed by atoms with Gasteiger partial charge in [0.05, 0.1) is 28.8 Å². The molecule has 13 heteroatoms. The van der Waals surface area contributed by atoms with Crippen molar-refractivity contribution in [1.29, 1.82) is 0 Å². The second kappa shape index (κ2) is 8.59. The van der Waals surface area contributed by atoms with Crippen molar-refractivity contribution in [2.24, 2.45) is 25.0 Å². The van der Waals surface area contributed by atoms with Crippen molar-refractivity contribution < 1.29 is 18.4 Å². The van der Waals surface area contributed by atoms with Crippen LogP contribution in [-0.2, 0) is 26.8 Å². The van der Waals surface area contributed by atoms with Gasteiger partial charge in [0.25, 0.3) is 5.56 Å². The van der Waals surface area contributed by atoms with Crippen LogP contribution >= 0.6 is 0 Å². The van der Waals surface area contributed by atoms with Crippen LogP contribution in [-0.4, -0.2) is 29.3 Å². The maximum Gasteiger partial charge on any atom is 0.416 e. The van der Waals surface area contributed by atoms with Crippen molar-refractivity contribution in [3.8, 4) is 5.69 Å². The normalized spacial score (nSPS) is 12.4. The lowest BCUT2D eigenvalue weighted by molar-refractivity contribution is -0.138. The van der Waals surface area contributed by atoms with Crippen molar-refractivity contribution >= 4 is 16.9 Å². The van der Waals surface area contributed by atoms with Gasteiger partial charge in [-0.1, -0.05) is 17.3 Å². The zero-order chi connectivity index (χ0) is 26.5. The molecule has 0 saturated heterocycles. The van der Waals surface area contributed by atoms with Gasteiger partial charge in [-0.15, -0.1) is 0 Å². The van der Waals surface area contributed by atoms with E-state index in [9.17, 15) is 27.6 Å². The number of aryl methyl sites for hydroxylation is 2. The minimum absolute atomic E-state index is 0.0909. The Bertz CT molecular complexity index is 1720. The molecular weight excluding hydrogens is 481 g/mol. The molecule has 0 radical (unpaired) electrons. The number of alkyl halides is 3. The maximum atomic E-state index is 13.4. The summed E-state index contributed by atoms with van der Waals surface area (Å²) in [7, 11) is 3.14. The van der Waals surface area contributed by atoms with E-state index in [1.165, 1.54) is 34.3 Å². The first kappa shape index (κ1) is 24.6. The number of imidazole rings is 1. The molecule has 0 unspecified atom stereocenters. The van der Waals surface area contributed by atoms with E-state index in [2.05, 4.69) is 5.16 Å². The van der Waals surface area contributed by atoms with Crippen LogP contribution in [0.4, 0.5) is 13.2 Å². The van der Waals surface area contributed by atoms with Crippen LogP contribution in [0.25, 0.3) is 16.7 Å². The first-order chi connectivity index (χ1) is 16.9. The van der Waals surface area contributed by atoms with Gasteiger partial charge >= 0.3 is 17.6 Å². The van der Waals surface area contributed by atoms with E-state index in [0.717, 1.165) is 16.8 Å². The highest BCUT2D eigenvalue weighted by Crippen LogP contribution is 2.33. The van der Waals surface area contributed by atoms with Crippen LogP contribution in [0.3, 0.4) is 0 Å². The molecule has 0 saturated carbocycles. The molecule has 10 nitrogen and oxygen atoms in total. The lowest BCUT2D eigenvalue weighted by Gasteiger charge is -2.16. The highest BCUT2D eigenvalue weighted by atomic mass is 19.4. The highest BCUT2D eigenvalue weighted by molar-refractivity contribution is 5.96. The third kappa shape index (κ3) is 3.87. The van der Waals surface area contributed by atoms with Gasteiger partial charge in [0.1, 0.15) is 5.56 Å². The Labute approximate surface area is 200 Å². The summed E-state index contributed by atoms with van der Waals surface area (Å²) in [6.45, 7) is 0.755. The van der Waals surface area contributed by atoms with E-state index in [0.29, 0.717) is 15.6 Å². The lowest BCUT2D eigenvalue weighted by atomic mass is 10.0. The molecule has 36 heavy (non-hydrogen) atoms. The van der Waals surface area contributed by atoms with Crippen LogP contribution in [0.1, 0.15) is 22.3 Å². The zero-order valence-corrected chi connectivity index (χ0v) is 19.4. The first-order valence-corrected chi connectivity index (χ1v) is 10.5. The molecule has 0 aliphatic carbocycles. The standard InChI is InChI=1S/C23H21F3N6O4/c1-12-13(5-4-6-16(12)23(24,25)26)10-32-20(33)15(19(27)28-36)11-31(22(32)35)14-7-8-17-18(9-14)30(3)21(34)29(17)2/h4-9,11,36H,10H2,1-3H3,(H2,27,28). The summed E-state index contributed by atoms with van der Waals surface area (Å²) in [6, 6.07) is 8.15. The third-order valence-corrected chi connectivity index (χ3v) is 6.17. The van der Waals surface area contributed by atoms with Gasteiger partial charge in [-0.2, -0.15) is 13.2 Å². The number of nitrogens with two attached hydrogens (primary N) is 1. The fourth-order valence-electron chi connectivity index (χ4n) is 4.13. The molecule has 4 rings (SSSR count). The maximum absolute atomic E-state index is 13.4. The number of benzene rings is 2. The van der Waals surface area contributed by atoms with Gasteiger partial charge < -0.3 is 10.9 Å². The molecule has 2 heterocycles. The summed E-state index contributed by atoms with van der Waals surface area (Å²) in [6.07, 6.45) is -3.54. The Balaban J connectivity index is 1.98. The smallest absolute Gasteiger partial charge is 0.409 e. The minimum Gasteiger partial charge on any atom is -0.409 e. The Hall–Kier alpha value is -4.55. The fraction of sp³-hybridized carbons (Fsp3) is 0.217. The number of nitrogens with zero attached hydrogens (tertiary/aromatic N) is 5. The van der Waals surface area contributed by atoms with Gasteiger partial charge in [0.2, 0.25) is 0 Å². The van der Waals surface area contributed by atoms with Gasteiger partial charge in [0, 0.05) is 20.3 Å². The van der Waals surface area contributed by atoms with Crippen LogP contribution in [0, 0.1) is 6.92 Å². The van der Waals surface area contributed by atoms with E-state index < -0.39 is 35.4 Å². The molecule has 0 aliphatic heterocycles.